The second kappa shape index (κ2) is 6.78. The monoisotopic (exact) mass is 322 g/mol. The van der Waals surface area contributed by atoms with Crippen LogP contribution in [0.4, 0.5) is 5.69 Å². The summed E-state index contributed by atoms with van der Waals surface area (Å²) in [5.41, 5.74) is 3.59. The van der Waals surface area contributed by atoms with E-state index in [4.69, 9.17) is 0 Å². The normalized spacial score (nSPS) is 15.2. The first-order valence-electron chi connectivity index (χ1n) is 8.63. The third-order valence-electron chi connectivity index (χ3n) is 4.64. The molecule has 1 heterocycles. The molecular formula is C21H26N2O. The maximum atomic E-state index is 12.7. The molecule has 1 amide bonds. The number of fused-ring (bicyclic) bond motifs is 1. The summed E-state index contributed by atoms with van der Waals surface area (Å²) in [6.45, 7) is 7.74. The van der Waals surface area contributed by atoms with Crippen molar-refractivity contribution in [2.24, 2.45) is 5.41 Å². The molecule has 3 nitrogen and oxygen atoms in total. The molecule has 3 rings (SSSR count). The number of carbonyl (C=O) groups excluding carboxylic acids is 1. The highest BCUT2D eigenvalue weighted by molar-refractivity contribution is 5.96. The number of anilines is 1. The van der Waals surface area contributed by atoms with Gasteiger partial charge in [-0.05, 0) is 29.0 Å². The summed E-state index contributed by atoms with van der Waals surface area (Å²) in [6.07, 6.45) is 0.948. The van der Waals surface area contributed by atoms with Gasteiger partial charge in [-0.1, -0.05) is 69.3 Å². The highest BCUT2D eigenvalue weighted by Gasteiger charge is 2.28. The van der Waals surface area contributed by atoms with E-state index < -0.39 is 0 Å². The molecule has 2 aromatic carbocycles. The predicted molar refractivity (Wildman–Crippen MR) is 99.1 cm³/mol. The zero-order chi connectivity index (χ0) is 17.2. The number of nitrogens with zero attached hydrogens (tertiary/aromatic N) is 1. The van der Waals surface area contributed by atoms with Crippen molar-refractivity contribution in [1.82, 2.24) is 5.32 Å². The van der Waals surface area contributed by atoms with Crippen LogP contribution in [-0.4, -0.2) is 19.0 Å². The lowest BCUT2D eigenvalue weighted by molar-refractivity contribution is -0.117. The average molecular weight is 322 g/mol. The molecule has 0 saturated heterocycles. The van der Waals surface area contributed by atoms with E-state index in [1.54, 1.807) is 0 Å². The van der Waals surface area contributed by atoms with Crippen LogP contribution in [0.5, 0.6) is 0 Å². The van der Waals surface area contributed by atoms with E-state index in [9.17, 15) is 4.79 Å². The van der Waals surface area contributed by atoms with Crippen molar-refractivity contribution in [1.29, 1.82) is 0 Å². The largest absolute Gasteiger partial charge is 0.311 e. The molecule has 126 valence electrons. The SMILES string of the molecule is CC(C)(C)C(NCC(=O)N1CCc2ccccc21)c1ccccc1. The molecule has 0 fully saturated rings. The highest BCUT2D eigenvalue weighted by atomic mass is 16.2. The van der Waals surface area contributed by atoms with E-state index in [2.05, 4.69) is 44.3 Å². The van der Waals surface area contributed by atoms with Crippen LogP contribution in [0.1, 0.15) is 37.9 Å². The van der Waals surface area contributed by atoms with Crippen molar-refractivity contribution in [2.45, 2.75) is 33.2 Å². The van der Waals surface area contributed by atoms with Gasteiger partial charge >= 0.3 is 0 Å². The molecule has 0 radical (unpaired) electrons. The van der Waals surface area contributed by atoms with Crippen LogP contribution in [0.2, 0.25) is 0 Å². The van der Waals surface area contributed by atoms with Crippen LogP contribution in [0.15, 0.2) is 54.6 Å². The maximum absolute atomic E-state index is 12.7. The van der Waals surface area contributed by atoms with Crippen molar-refractivity contribution in [3.05, 3.63) is 65.7 Å². The van der Waals surface area contributed by atoms with E-state index in [1.807, 2.05) is 41.3 Å². The third-order valence-corrected chi connectivity index (χ3v) is 4.64. The molecule has 0 aromatic heterocycles. The second-order valence-corrected chi connectivity index (χ2v) is 7.51. The number of para-hydroxylation sites is 1. The fraction of sp³-hybridized carbons (Fsp3) is 0.381. The Balaban J connectivity index is 1.71. The Hall–Kier alpha value is -2.13. The van der Waals surface area contributed by atoms with E-state index in [0.29, 0.717) is 6.54 Å². The molecule has 3 heteroatoms. The lowest BCUT2D eigenvalue weighted by atomic mass is 9.82. The van der Waals surface area contributed by atoms with Crippen molar-refractivity contribution in [2.75, 3.05) is 18.0 Å². The highest BCUT2D eigenvalue weighted by Crippen LogP contribution is 2.33. The number of nitrogens with one attached hydrogen (secondary N) is 1. The molecule has 2 aromatic rings. The lowest BCUT2D eigenvalue weighted by Crippen LogP contribution is -2.41. The van der Waals surface area contributed by atoms with Crippen LogP contribution >= 0.6 is 0 Å². The van der Waals surface area contributed by atoms with E-state index in [0.717, 1.165) is 18.7 Å². The first-order chi connectivity index (χ1) is 11.5. The van der Waals surface area contributed by atoms with Gasteiger partial charge in [-0.25, -0.2) is 0 Å². The first kappa shape index (κ1) is 16.7. The van der Waals surface area contributed by atoms with Crippen molar-refractivity contribution in [3.8, 4) is 0 Å². The maximum Gasteiger partial charge on any atom is 0.240 e. The van der Waals surface area contributed by atoms with Gasteiger partial charge in [-0.2, -0.15) is 0 Å². The van der Waals surface area contributed by atoms with Gasteiger partial charge in [0.05, 0.1) is 6.54 Å². The smallest absolute Gasteiger partial charge is 0.240 e. The number of carbonyl (C=O) groups is 1. The summed E-state index contributed by atoms with van der Waals surface area (Å²) in [4.78, 5) is 14.6. The fourth-order valence-corrected chi connectivity index (χ4v) is 3.45. The number of hydrogen-bond donors (Lipinski definition) is 1. The van der Waals surface area contributed by atoms with Crippen molar-refractivity contribution < 1.29 is 4.79 Å². The minimum atomic E-state index is 0.0323. The van der Waals surface area contributed by atoms with Crippen LogP contribution in [0.25, 0.3) is 0 Å². The lowest BCUT2D eigenvalue weighted by Gasteiger charge is -2.32. The van der Waals surface area contributed by atoms with Gasteiger partial charge in [-0.3, -0.25) is 4.79 Å². The van der Waals surface area contributed by atoms with Gasteiger partial charge in [0.15, 0.2) is 0 Å². The predicted octanol–water partition coefficient (Wildman–Crippen LogP) is 3.95. The summed E-state index contributed by atoms with van der Waals surface area (Å²) in [6, 6.07) is 18.7. The molecule has 0 aliphatic carbocycles. The van der Waals surface area contributed by atoms with Crippen LogP contribution < -0.4 is 10.2 Å². The Labute approximate surface area is 144 Å². The molecule has 24 heavy (non-hydrogen) atoms. The number of benzene rings is 2. The van der Waals surface area contributed by atoms with Crippen LogP contribution in [-0.2, 0) is 11.2 Å². The topological polar surface area (TPSA) is 32.3 Å². The average Bonchev–Trinajstić information content (AvgIpc) is 2.99. The minimum absolute atomic E-state index is 0.0323. The third kappa shape index (κ3) is 3.51. The van der Waals surface area contributed by atoms with Gasteiger partial charge in [0.1, 0.15) is 0 Å². The molecule has 1 atom stereocenters. The zero-order valence-corrected chi connectivity index (χ0v) is 14.8. The van der Waals surface area contributed by atoms with E-state index in [-0.39, 0.29) is 17.4 Å². The first-order valence-corrected chi connectivity index (χ1v) is 8.63. The number of rotatable bonds is 4. The van der Waals surface area contributed by atoms with Gasteiger partial charge in [0.25, 0.3) is 0 Å². The Bertz CT molecular complexity index is 703. The summed E-state index contributed by atoms with van der Waals surface area (Å²) in [5, 5.41) is 3.49. The number of amides is 1. The van der Waals surface area contributed by atoms with Crippen molar-refractivity contribution >= 4 is 11.6 Å². The van der Waals surface area contributed by atoms with Gasteiger partial charge in [0.2, 0.25) is 5.91 Å². The summed E-state index contributed by atoms with van der Waals surface area (Å²) in [5.74, 6) is 0.144. The molecule has 1 unspecified atom stereocenters. The van der Waals surface area contributed by atoms with Crippen LogP contribution in [0, 0.1) is 5.41 Å². The van der Waals surface area contributed by atoms with E-state index >= 15 is 0 Å². The quantitative estimate of drug-likeness (QED) is 0.924. The Kier molecular flexibility index (Phi) is 4.72. The van der Waals surface area contributed by atoms with Gasteiger partial charge < -0.3 is 10.2 Å². The molecule has 0 saturated carbocycles. The van der Waals surface area contributed by atoms with Gasteiger partial charge in [0, 0.05) is 18.3 Å². The Morgan fingerprint density at radius 2 is 1.75 bits per heavy atom. The number of hydrogen-bond acceptors (Lipinski definition) is 2. The fourth-order valence-electron chi connectivity index (χ4n) is 3.45. The molecule has 0 spiro atoms. The zero-order valence-electron chi connectivity index (χ0n) is 14.8. The summed E-state index contributed by atoms with van der Waals surface area (Å²) < 4.78 is 0. The van der Waals surface area contributed by atoms with Crippen LogP contribution in [0.3, 0.4) is 0 Å². The standard InChI is InChI=1S/C21H26N2O/c1-21(2,3)20(17-10-5-4-6-11-17)22-15-19(24)23-14-13-16-9-7-8-12-18(16)23/h4-12,20,22H,13-15H2,1-3H3. The molecule has 1 aliphatic heterocycles. The molecule has 1 aliphatic rings. The van der Waals surface area contributed by atoms with Gasteiger partial charge in [-0.15, -0.1) is 0 Å². The summed E-state index contributed by atoms with van der Waals surface area (Å²) in [7, 11) is 0. The second-order valence-electron chi connectivity index (χ2n) is 7.51. The summed E-state index contributed by atoms with van der Waals surface area (Å²) >= 11 is 0. The Morgan fingerprint density at radius 3 is 2.46 bits per heavy atom. The molecule has 1 N–H and O–H groups in total. The van der Waals surface area contributed by atoms with E-state index in [1.165, 1.54) is 11.1 Å². The van der Waals surface area contributed by atoms with Crippen molar-refractivity contribution in [3.63, 3.8) is 0 Å². The minimum Gasteiger partial charge on any atom is -0.311 e. The molecule has 0 bridgehead atoms. The Morgan fingerprint density at radius 1 is 1.08 bits per heavy atom. The molecular weight excluding hydrogens is 296 g/mol.